The normalized spacial score (nSPS) is 35.0. The van der Waals surface area contributed by atoms with Gasteiger partial charge in [-0.1, -0.05) is 26.2 Å². The lowest BCUT2D eigenvalue weighted by Crippen LogP contribution is -2.46. The van der Waals surface area contributed by atoms with E-state index in [0.29, 0.717) is 18.4 Å². The monoisotopic (exact) mass is 346 g/mol. The summed E-state index contributed by atoms with van der Waals surface area (Å²) in [5.74, 6) is 2.10. The smallest absolute Gasteiger partial charge is 0.317 e. The van der Waals surface area contributed by atoms with Crippen molar-refractivity contribution in [3.8, 4) is 0 Å². The van der Waals surface area contributed by atoms with Gasteiger partial charge in [-0.15, -0.1) is 0 Å². The fourth-order valence-corrected chi connectivity index (χ4v) is 5.34. The summed E-state index contributed by atoms with van der Waals surface area (Å²) in [5, 5.41) is 6.10. The highest BCUT2D eigenvalue weighted by Crippen LogP contribution is 2.48. The predicted molar refractivity (Wildman–Crippen MR) is 96.4 cm³/mol. The zero-order chi connectivity index (χ0) is 17.4. The molecule has 2 heterocycles. The molecule has 4 aliphatic rings. The molecule has 0 unspecified atom stereocenters. The van der Waals surface area contributed by atoms with E-state index < -0.39 is 5.54 Å². The third kappa shape index (κ3) is 2.93. The van der Waals surface area contributed by atoms with Gasteiger partial charge in [0.2, 0.25) is 0 Å². The van der Waals surface area contributed by atoms with Gasteiger partial charge in [0.1, 0.15) is 11.4 Å². The Labute approximate surface area is 149 Å². The Bertz CT molecular complexity index is 584. The van der Waals surface area contributed by atoms with Gasteiger partial charge in [0, 0.05) is 32.0 Å². The summed E-state index contributed by atoms with van der Waals surface area (Å²) in [7, 11) is 0. The van der Waals surface area contributed by atoms with Crippen LogP contribution in [0.3, 0.4) is 0 Å². The highest BCUT2D eigenvalue weighted by Gasteiger charge is 2.59. The highest BCUT2D eigenvalue weighted by atomic mass is 16.2. The summed E-state index contributed by atoms with van der Waals surface area (Å²) in [6.45, 7) is 4.25. The zero-order valence-electron chi connectivity index (χ0n) is 15.2. The summed E-state index contributed by atoms with van der Waals surface area (Å²) in [6, 6.07) is 0.0493. The molecule has 2 aliphatic heterocycles. The second kappa shape index (κ2) is 6.61. The van der Waals surface area contributed by atoms with Crippen molar-refractivity contribution in [1.29, 1.82) is 0 Å². The molecule has 3 fully saturated rings. The first kappa shape index (κ1) is 16.9. The molecule has 0 aromatic heterocycles. The summed E-state index contributed by atoms with van der Waals surface area (Å²) in [5.41, 5.74) is -0.603. The first-order valence-electron chi connectivity index (χ1n) is 10.1. The molecule has 138 valence electrons. The van der Waals surface area contributed by atoms with Crippen LogP contribution in [0.15, 0.2) is 4.99 Å². The van der Waals surface area contributed by atoms with Crippen LogP contribution in [0, 0.1) is 17.8 Å². The van der Waals surface area contributed by atoms with Crippen LogP contribution >= 0.6 is 0 Å². The van der Waals surface area contributed by atoms with E-state index in [2.05, 4.69) is 10.6 Å². The van der Waals surface area contributed by atoms with Crippen molar-refractivity contribution in [3.63, 3.8) is 0 Å². The summed E-state index contributed by atoms with van der Waals surface area (Å²) in [6.07, 6.45) is 8.99. The van der Waals surface area contributed by atoms with Gasteiger partial charge in [-0.2, -0.15) is 0 Å². The largest absolute Gasteiger partial charge is 0.338 e. The number of rotatable bonds is 3. The number of urea groups is 1. The number of nitrogens with one attached hydrogen (secondary N) is 2. The van der Waals surface area contributed by atoms with Gasteiger partial charge < -0.3 is 15.5 Å². The van der Waals surface area contributed by atoms with Crippen LogP contribution in [0.4, 0.5) is 4.79 Å². The average molecular weight is 346 g/mol. The molecule has 2 N–H and O–H groups in total. The quantitative estimate of drug-likeness (QED) is 0.823. The molecule has 2 aliphatic carbocycles. The highest BCUT2D eigenvalue weighted by molar-refractivity contribution is 6.08. The van der Waals surface area contributed by atoms with E-state index in [1.54, 1.807) is 0 Å². The number of fused-ring (bicyclic) bond motifs is 2. The molecule has 0 bridgehead atoms. The Balaban J connectivity index is 1.37. The topological polar surface area (TPSA) is 73.8 Å². The molecule has 2 saturated carbocycles. The van der Waals surface area contributed by atoms with E-state index in [1.165, 1.54) is 32.1 Å². The van der Waals surface area contributed by atoms with Gasteiger partial charge in [-0.25, -0.2) is 4.79 Å². The molecule has 0 aromatic rings. The molecule has 6 nitrogen and oxygen atoms in total. The number of amides is 3. The third-order valence-corrected chi connectivity index (χ3v) is 6.82. The molecular formula is C19H30N4O2. The first-order valence-corrected chi connectivity index (χ1v) is 10.1. The number of nitrogens with zero attached hydrogens (tertiary/aromatic N) is 2. The first-order chi connectivity index (χ1) is 12.1. The van der Waals surface area contributed by atoms with Crippen LogP contribution in [-0.2, 0) is 4.79 Å². The Morgan fingerprint density at radius 3 is 2.80 bits per heavy atom. The number of amidine groups is 1. The molecule has 6 heteroatoms. The number of carbonyl (C=O) groups excluding carboxylic acids is 2. The van der Waals surface area contributed by atoms with Gasteiger partial charge in [0.05, 0.1) is 0 Å². The molecular weight excluding hydrogens is 316 g/mol. The van der Waals surface area contributed by atoms with Crippen LogP contribution in [0.25, 0.3) is 0 Å². The Morgan fingerprint density at radius 1 is 1.28 bits per heavy atom. The molecule has 0 radical (unpaired) electrons. The fraction of sp³-hybridized carbons (Fsp3) is 0.842. The van der Waals surface area contributed by atoms with Crippen LogP contribution in [0.2, 0.25) is 0 Å². The lowest BCUT2D eigenvalue weighted by molar-refractivity contribution is -0.124. The molecule has 1 saturated heterocycles. The lowest BCUT2D eigenvalue weighted by Gasteiger charge is -2.27. The fourth-order valence-electron chi connectivity index (χ4n) is 5.34. The summed E-state index contributed by atoms with van der Waals surface area (Å²) in [4.78, 5) is 31.9. The van der Waals surface area contributed by atoms with Gasteiger partial charge in [-0.3, -0.25) is 9.79 Å². The Kier molecular flexibility index (Phi) is 4.46. The van der Waals surface area contributed by atoms with E-state index in [1.807, 2.05) is 11.8 Å². The third-order valence-electron chi connectivity index (χ3n) is 6.82. The number of hydrogen-bond donors (Lipinski definition) is 2. The van der Waals surface area contributed by atoms with Crippen LogP contribution in [0.5, 0.6) is 0 Å². The van der Waals surface area contributed by atoms with E-state index in [0.717, 1.165) is 38.2 Å². The number of hydrogen-bond acceptors (Lipinski definition) is 3. The minimum absolute atomic E-state index is 0.0493. The van der Waals surface area contributed by atoms with Crippen molar-refractivity contribution >= 4 is 17.8 Å². The number of likely N-dealkylation sites (tertiary alicyclic amines) is 1. The molecule has 1 spiro atoms. The molecule has 25 heavy (non-hydrogen) atoms. The second-order valence-electron chi connectivity index (χ2n) is 8.29. The van der Waals surface area contributed by atoms with Gasteiger partial charge in [0.25, 0.3) is 5.91 Å². The van der Waals surface area contributed by atoms with Crippen molar-refractivity contribution in [2.75, 3.05) is 19.6 Å². The standard InChI is InChI=1S/C19H30N4O2/c1-2-16-21-17(24)19(22-16)9-8-14-11-23(12-15(14)19)18(25)20-10-13-6-4-3-5-7-13/h13-15H,2-12H2,1H3,(H,20,25)(H,21,22,24)/t14-,15+,19-/m0/s1. The molecule has 4 rings (SSSR count). The van der Waals surface area contributed by atoms with E-state index in [-0.39, 0.29) is 17.9 Å². The van der Waals surface area contributed by atoms with Gasteiger partial charge in [-0.05, 0) is 37.5 Å². The van der Waals surface area contributed by atoms with Crippen molar-refractivity contribution < 1.29 is 9.59 Å². The Morgan fingerprint density at radius 2 is 2.08 bits per heavy atom. The van der Waals surface area contributed by atoms with E-state index in [4.69, 9.17) is 4.99 Å². The minimum atomic E-state index is -0.603. The average Bonchev–Trinajstić information content (AvgIpc) is 3.29. The number of carbonyl (C=O) groups is 2. The maximum absolute atomic E-state index is 12.6. The van der Waals surface area contributed by atoms with E-state index >= 15 is 0 Å². The molecule has 3 atom stereocenters. The SMILES string of the molecule is CCC1=N[C@]2(CC[C@H]3CN(C(=O)NCC4CCCCC4)C[C@H]32)C(=O)N1. The summed E-state index contributed by atoms with van der Waals surface area (Å²) >= 11 is 0. The van der Waals surface area contributed by atoms with Gasteiger partial charge >= 0.3 is 6.03 Å². The van der Waals surface area contributed by atoms with Crippen LogP contribution < -0.4 is 10.6 Å². The minimum Gasteiger partial charge on any atom is -0.338 e. The molecule has 0 aromatic carbocycles. The Hall–Kier alpha value is -1.59. The van der Waals surface area contributed by atoms with Crippen LogP contribution in [0.1, 0.15) is 58.3 Å². The maximum atomic E-state index is 12.6. The lowest BCUT2D eigenvalue weighted by atomic mass is 9.85. The molecule has 3 amide bonds. The zero-order valence-corrected chi connectivity index (χ0v) is 15.2. The van der Waals surface area contributed by atoms with Crippen molar-refractivity contribution in [1.82, 2.24) is 15.5 Å². The van der Waals surface area contributed by atoms with Crippen molar-refractivity contribution in [3.05, 3.63) is 0 Å². The van der Waals surface area contributed by atoms with E-state index in [9.17, 15) is 9.59 Å². The number of aliphatic imine (C=N–C) groups is 1. The maximum Gasteiger partial charge on any atom is 0.317 e. The van der Waals surface area contributed by atoms with Crippen LogP contribution in [-0.4, -0.2) is 47.8 Å². The van der Waals surface area contributed by atoms with Gasteiger partial charge in [0.15, 0.2) is 0 Å². The van der Waals surface area contributed by atoms with Crippen molar-refractivity contribution in [2.45, 2.75) is 63.8 Å². The second-order valence-corrected chi connectivity index (χ2v) is 8.29. The predicted octanol–water partition coefficient (Wildman–Crippen LogP) is 2.30. The summed E-state index contributed by atoms with van der Waals surface area (Å²) < 4.78 is 0. The van der Waals surface area contributed by atoms with Crippen molar-refractivity contribution in [2.24, 2.45) is 22.7 Å².